The van der Waals surface area contributed by atoms with Gasteiger partial charge in [-0.05, 0) is 99.1 Å². The molecule has 3 fully saturated rings. The van der Waals surface area contributed by atoms with Crippen molar-refractivity contribution in [1.29, 1.82) is 0 Å². The molecule has 42 heavy (non-hydrogen) atoms. The molecule has 1 aromatic heterocycles. The molecule has 0 amide bonds. The van der Waals surface area contributed by atoms with Gasteiger partial charge >= 0.3 is 0 Å². The maximum atomic E-state index is 12.5. The molecule has 0 bridgehead atoms. The van der Waals surface area contributed by atoms with Crippen LogP contribution in [0.1, 0.15) is 83.6 Å². The molecule has 7 rings (SSSR count). The molecule has 7 heteroatoms. The number of fused-ring (bicyclic) bond motifs is 4. The molecule has 6 atom stereocenters. The Balaban J connectivity index is 1.30. The van der Waals surface area contributed by atoms with E-state index in [2.05, 4.69) is 75.7 Å². The van der Waals surface area contributed by atoms with Crippen LogP contribution in [-0.2, 0) is 14.2 Å². The fourth-order valence-electron chi connectivity index (χ4n) is 9.43. The molecule has 1 saturated heterocycles. The predicted octanol–water partition coefficient (Wildman–Crippen LogP) is 8.80. The SMILES string of the molecule is CC1(C)COOC2(CCC3=C4[C@@H](CC[C@@]3(O)C2)[C@@H]2CC=C(O[Si](C)(C)C)[C@@]2(C)C[C@@H]4c2ccc(-c3nccs3)cc2)C1. The summed E-state index contributed by atoms with van der Waals surface area (Å²) in [6.07, 6.45) is 11.5. The van der Waals surface area contributed by atoms with Crippen molar-refractivity contribution in [2.75, 3.05) is 6.61 Å². The van der Waals surface area contributed by atoms with Gasteiger partial charge in [-0.2, -0.15) is 0 Å². The zero-order chi connectivity index (χ0) is 29.5. The predicted molar refractivity (Wildman–Crippen MR) is 170 cm³/mol. The Morgan fingerprint density at radius 1 is 1.07 bits per heavy atom. The van der Waals surface area contributed by atoms with Gasteiger partial charge in [0.15, 0.2) is 0 Å². The second kappa shape index (κ2) is 9.87. The lowest BCUT2D eigenvalue weighted by atomic mass is 9.50. The van der Waals surface area contributed by atoms with Gasteiger partial charge < -0.3 is 9.53 Å². The molecule has 2 aromatic rings. The van der Waals surface area contributed by atoms with Crippen molar-refractivity contribution in [3.05, 3.63) is 64.4 Å². The second-order valence-electron chi connectivity index (χ2n) is 15.9. The van der Waals surface area contributed by atoms with Crippen molar-refractivity contribution in [3.63, 3.8) is 0 Å². The number of allylic oxidation sites excluding steroid dienone is 3. The van der Waals surface area contributed by atoms with Crippen molar-refractivity contribution in [3.8, 4) is 10.6 Å². The Morgan fingerprint density at radius 2 is 1.86 bits per heavy atom. The van der Waals surface area contributed by atoms with Gasteiger partial charge in [0.2, 0.25) is 8.32 Å². The summed E-state index contributed by atoms with van der Waals surface area (Å²) in [7, 11) is -1.76. The fraction of sp³-hybridized carbons (Fsp3) is 0.629. The smallest absolute Gasteiger partial charge is 0.241 e. The van der Waals surface area contributed by atoms with Crippen LogP contribution in [0.15, 0.2) is 58.8 Å². The highest BCUT2D eigenvalue weighted by Crippen LogP contribution is 2.66. The first-order chi connectivity index (χ1) is 19.8. The van der Waals surface area contributed by atoms with Gasteiger partial charge in [0.1, 0.15) is 10.6 Å². The lowest BCUT2D eigenvalue weighted by Gasteiger charge is -2.57. The van der Waals surface area contributed by atoms with Crippen LogP contribution < -0.4 is 0 Å². The molecule has 0 radical (unpaired) electrons. The first-order valence-electron chi connectivity index (χ1n) is 16.0. The lowest BCUT2D eigenvalue weighted by molar-refractivity contribution is -0.414. The molecule has 1 aliphatic heterocycles. The third kappa shape index (κ3) is 4.88. The summed E-state index contributed by atoms with van der Waals surface area (Å²) in [4.78, 5) is 16.3. The normalized spacial score (nSPS) is 37.6. The number of aliphatic hydroxyl groups is 1. The van der Waals surface area contributed by atoms with E-state index in [9.17, 15) is 5.11 Å². The number of hydrogen-bond donors (Lipinski definition) is 1. The summed E-state index contributed by atoms with van der Waals surface area (Å²) in [5, 5.41) is 15.6. The monoisotopic (exact) mass is 605 g/mol. The van der Waals surface area contributed by atoms with Crippen LogP contribution in [0.3, 0.4) is 0 Å². The average Bonchev–Trinajstić information content (AvgIpc) is 3.55. The largest absolute Gasteiger partial charge is 0.547 e. The molecule has 2 heterocycles. The molecule has 1 aromatic carbocycles. The van der Waals surface area contributed by atoms with Crippen molar-refractivity contribution in [2.24, 2.45) is 22.7 Å². The van der Waals surface area contributed by atoms with E-state index < -0.39 is 19.5 Å². The van der Waals surface area contributed by atoms with Crippen LogP contribution in [0.5, 0.6) is 0 Å². The van der Waals surface area contributed by atoms with Crippen molar-refractivity contribution in [2.45, 2.75) is 109 Å². The zero-order valence-corrected chi connectivity index (χ0v) is 28.0. The minimum Gasteiger partial charge on any atom is -0.547 e. The molecule has 2 saturated carbocycles. The van der Waals surface area contributed by atoms with Crippen LogP contribution in [0.4, 0.5) is 0 Å². The van der Waals surface area contributed by atoms with E-state index in [1.54, 1.807) is 11.3 Å². The Labute approximate surface area is 256 Å². The summed E-state index contributed by atoms with van der Waals surface area (Å²) in [6, 6.07) is 9.14. The standard InChI is InChI=1S/C35H47NO4SSi/c1-32(2)20-34(40-38-22-32)15-14-28-30-25(13-16-35(28,37)21-34)27-11-12-29(39-42(4,5)6)33(27,3)19-26(30)23-7-9-24(10-8-23)31-36-17-18-41-31/h7-10,12,17-18,25-27,37H,11,13-16,19-22H2,1-6H3/t25-,26+,27-,33-,34?,35+/m0/s1. The number of hydrogen-bond acceptors (Lipinski definition) is 6. The molecule has 1 spiro atoms. The quantitative estimate of drug-likeness (QED) is 0.214. The van der Waals surface area contributed by atoms with E-state index in [-0.39, 0.29) is 16.7 Å². The van der Waals surface area contributed by atoms with E-state index in [0.29, 0.717) is 24.9 Å². The topological polar surface area (TPSA) is 60.8 Å². The van der Waals surface area contributed by atoms with E-state index in [1.807, 2.05) is 11.6 Å². The van der Waals surface area contributed by atoms with E-state index in [1.165, 1.54) is 28.0 Å². The molecule has 226 valence electrons. The molecule has 1 N–H and O–H groups in total. The van der Waals surface area contributed by atoms with Crippen LogP contribution in [0.25, 0.3) is 10.6 Å². The van der Waals surface area contributed by atoms with Crippen LogP contribution in [0.2, 0.25) is 19.6 Å². The van der Waals surface area contributed by atoms with Gasteiger partial charge in [0.05, 0.1) is 18.0 Å². The van der Waals surface area contributed by atoms with Gasteiger partial charge in [0, 0.05) is 34.9 Å². The van der Waals surface area contributed by atoms with Crippen molar-refractivity contribution in [1.82, 2.24) is 4.98 Å². The van der Waals surface area contributed by atoms with E-state index >= 15 is 0 Å². The minimum absolute atomic E-state index is 0.00332. The zero-order valence-electron chi connectivity index (χ0n) is 26.2. The van der Waals surface area contributed by atoms with Gasteiger partial charge in [-0.3, -0.25) is 0 Å². The maximum absolute atomic E-state index is 12.5. The van der Waals surface area contributed by atoms with E-state index in [0.717, 1.165) is 50.0 Å². The van der Waals surface area contributed by atoms with Crippen molar-refractivity contribution >= 4 is 19.7 Å². The highest BCUT2D eigenvalue weighted by molar-refractivity contribution is 7.13. The Bertz CT molecular complexity index is 1410. The summed E-state index contributed by atoms with van der Waals surface area (Å²) in [5.41, 5.74) is 4.17. The molecule has 1 unspecified atom stereocenters. The fourth-order valence-corrected chi connectivity index (χ4v) is 11.0. The molecule has 5 nitrogen and oxygen atoms in total. The minimum atomic E-state index is -1.76. The Kier molecular flexibility index (Phi) is 6.80. The van der Waals surface area contributed by atoms with Crippen LogP contribution in [-0.4, -0.2) is 36.2 Å². The first-order valence-corrected chi connectivity index (χ1v) is 20.2. The average molecular weight is 606 g/mol. The highest BCUT2D eigenvalue weighted by atomic mass is 32.1. The lowest BCUT2D eigenvalue weighted by Crippen LogP contribution is -2.56. The van der Waals surface area contributed by atoms with Crippen molar-refractivity contribution < 1.29 is 19.3 Å². The third-order valence-corrected chi connectivity index (χ3v) is 12.6. The number of thiazole rings is 1. The van der Waals surface area contributed by atoms with Gasteiger partial charge in [-0.15, -0.1) is 11.3 Å². The van der Waals surface area contributed by atoms with E-state index in [4.69, 9.17) is 14.2 Å². The van der Waals surface area contributed by atoms with Gasteiger partial charge in [-0.25, -0.2) is 14.8 Å². The van der Waals surface area contributed by atoms with Gasteiger partial charge in [0.25, 0.3) is 0 Å². The molecular weight excluding hydrogens is 559 g/mol. The Hall–Kier alpha value is -1.77. The number of benzene rings is 1. The summed E-state index contributed by atoms with van der Waals surface area (Å²) in [5.74, 6) is 2.46. The summed E-state index contributed by atoms with van der Waals surface area (Å²) in [6.45, 7) is 14.5. The van der Waals surface area contributed by atoms with Crippen LogP contribution in [0, 0.1) is 22.7 Å². The highest BCUT2D eigenvalue weighted by Gasteiger charge is 2.60. The summed E-state index contributed by atoms with van der Waals surface area (Å²) < 4.78 is 6.82. The molecular formula is C35H47NO4SSi. The first kappa shape index (κ1) is 29.0. The van der Waals surface area contributed by atoms with Gasteiger partial charge in [-0.1, -0.05) is 50.6 Å². The number of rotatable bonds is 4. The summed E-state index contributed by atoms with van der Waals surface area (Å²) >= 11 is 1.68. The van der Waals surface area contributed by atoms with Crippen LogP contribution >= 0.6 is 11.3 Å². The maximum Gasteiger partial charge on any atom is 0.241 e. The third-order valence-electron chi connectivity index (χ3n) is 10.9. The molecule has 5 aliphatic rings. The Morgan fingerprint density at radius 3 is 2.55 bits per heavy atom. The number of aromatic nitrogens is 1. The second-order valence-corrected chi connectivity index (χ2v) is 21.2. The number of nitrogens with zero attached hydrogens (tertiary/aromatic N) is 1. The molecule has 4 aliphatic carbocycles.